The first-order valence-electron chi connectivity index (χ1n) is 14.1. The van der Waals surface area contributed by atoms with Crippen molar-refractivity contribution in [1.29, 1.82) is 0 Å². The zero-order chi connectivity index (χ0) is 23.3. The summed E-state index contributed by atoms with van der Waals surface area (Å²) in [6, 6.07) is 0. The molecule has 0 aliphatic heterocycles. The van der Waals surface area contributed by atoms with Crippen LogP contribution in [-0.4, -0.2) is 51.6 Å². The summed E-state index contributed by atoms with van der Waals surface area (Å²) >= 11 is -6.31. The van der Waals surface area contributed by atoms with Crippen molar-refractivity contribution in [2.75, 3.05) is 13.2 Å². The van der Waals surface area contributed by atoms with Crippen LogP contribution in [0.25, 0.3) is 0 Å². The predicted molar refractivity (Wildman–Crippen MR) is 142 cm³/mol. The fourth-order valence-electron chi connectivity index (χ4n) is 4.20. The summed E-state index contributed by atoms with van der Waals surface area (Å²) in [5, 5.41) is 0. The van der Waals surface area contributed by atoms with Crippen molar-refractivity contribution in [3.63, 3.8) is 0 Å². The van der Waals surface area contributed by atoms with Crippen LogP contribution in [0.1, 0.15) is 131 Å². The quantitative estimate of drug-likeness (QED) is 0.0766. The predicted octanol–water partition coefficient (Wildman–Crippen LogP) is 9.50. The molecule has 0 bridgehead atoms. The van der Waals surface area contributed by atoms with Crippen LogP contribution in [0.15, 0.2) is 0 Å². The van der Waals surface area contributed by atoms with E-state index in [-0.39, 0.29) is 0 Å². The van der Waals surface area contributed by atoms with Gasteiger partial charge in [0.25, 0.3) is 0 Å². The van der Waals surface area contributed by atoms with Crippen molar-refractivity contribution in [3.8, 4) is 0 Å². The molecule has 0 atom stereocenters. The topological polar surface area (TPSA) is 27.7 Å². The maximum atomic E-state index is 7.57. The molecule has 0 radical (unpaired) electrons. The number of hydrogen-bond acceptors (Lipinski definition) is 3. The van der Waals surface area contributed by atoms with Gasteiger partial charge in [-0.1, -0.05) is 0 Å². The van der Waals surface area contributed by atoms with E-state index in [9.17, 15) is 0 Å². The Balaban J connectivity index is 5.74. The second kappa shape index (κ2) is 22.0. The molecular formula is C26H58O3Sn2. The Morgan fingerprint density at radius 1 is 0.419 bits per heavy atom. The fraction of sp³-hybridized carbons (Fsp3) is 1.00. The van der Waals surface area contributed by atoms with E-state index in [1.54, 1.807) is 0 Å². The van der Waals surface area contributed by atoms with Crippen LogP contribution in [0.2, 0.25) is 17.7 Å². The maximum absolute atomic E-state index is 7.57. The summed E-state index contributed by atoms with van der Waals surface area (Å²) in [4.78, 5) is 0. The summed E-state index contributed by atoms with van der Waals surface area (Å²) < 4.78 is 26.5. The van der Waals surface area contributed by atoms with Gasteiger partial charge >= 0.3 is 208 Å². The molecule has 0 unspecified atom stereocenters. The molecule has 0 saturated heterocycles. The van der Waals surface area contributed by atoms with Crippen LogP contribution in [0.5, 0.6) is 0 Å². The van der Waals surface area contributed by atoms with E-state index in [0.717, 1.165) is 30.5 Å². The Hall–Kier alpha value is 1.48. The number of rotatable bonds is 24. The first kappa shape index (κ1) is 32.5. The Kier molecular flexibility index (Phi) is 23.0. The van der Waals surface area contributed by atoms with Gasteiger partial charge in [-0.25, -0.2) is 0 Å². The van der Waals surface area contributed by atoms with Crippen molar-refractivity contribution in [1.82, 2.24) is 0 Å². The van der Waals surface area contributed by atoms with Crippen LogP contribution in [0, 0.1) is 0 Å². The molecule has 188 valence electrons. The number of hydrogen-bond donors (Lipinski definition) is 0. The summed E-state index contributed by atoms with van der Waals surface area (Å²) in [7, 11) is 0. The van der Waals surface area contributed by atoms with Crippen molar-refractivity contribution in [3.05, 3.63) is 0 Å². The molecule has 0 aliphatic carbocycles. The zero-order valence-electron chi connectivity index (χ0n) is 22.4. The van der Waals surface area contributed by atoms with E-state index < -0.39 is 38.4 Å². The van der Waals surface area contributed by atoms with Gasteiger partial charge in [-0.05, 0) is 0 Å². The molecule has 0 aromatic rings. The summed E-state index contributed by atoms with van der Waals surface area (Å²) in [5.41, 5.74) is 0. The third-order valence-corrected chi connectivity index (χ3v) is 39.9. The fourth-order valence-corrected chi connectivity index (χ4v) is 46.9. The van der Waals surface area contributed by atoms with Gasteiger partial charge in [-0.2, -0.15) is 0 Å². The second-order valence-corrected chi connectivity index (χ2v) is 32.0. The molecular weight excluding hydrogens is 598 g/mol. The first-order valence-corrected chi connectivity index (χ1v) is 26.8. The van der Waals surface area contributed by atoms with E-state index in [2.05, 4.69) is 41.5 Å². The van der Waals surface area contributed by atoms with Crippen molar-refractivity contribution in [2.45, 2.75) is 149 Å². The van der Waals surface area contributed by atoms with Gasteiger partial charge < -0.3 is 0 Å². The average Bonchev–Trinajstić information content (AvgIpc) is 2.79. The molecule has 0 amide bonds. The van der Waals surface area contributed by atoms with Gasteiger partial charge in [0.15, 0.2) is 0 Å². The third kappa shape index (κ3) is 15.9. The SMILES string of the molecule is CCCCC[O][Sn]([CH2]CCC)([O]CCCCC)[O][Sn]([CH2]CCC)([CH2]CCC)[CH2]CCC. The van der Waals surface area contributed by atoms with Crippen LogP contribution in [-0.2, 0) is 7.56 Å². The van der Waals surface area contributed by atoms with E-state index in [4.69, 9.17) is 7.56 Å². The van der Waals surface area contributed by atoms with E-state index in [0.29, 0.717) is 0 Å². The van der Waals surface area contributed by atoms with Gasteiger partial charge in [0.05, 0.1) is 0 Å². The van der Waals surface area contributed by atoms with E-state index in [1.165, 1.54) is 90.4 Å². The van der Waals surface area contributed by atoms with Gasteiger partial charge in [-0.15, -0.1) is 0 Å². The molecule has 0 rings (SSSR count). The van der Waals surface area contributed by atoms with Crippen LogP contribution >= 0.6 is 0 Å². The summed E-state index contributed by atoms with van der Waals surface area (Å²) in [5.74, 6) is 0. The Labute approximate surface area is 207 Å². The van der Waals surface area contributed by atoms with E-state index in [1.807, 2.05) is 0 Å². The van der Waals surface area contributed by atoms with Gasteiger partial charge in [0.1, 0.15) is 0 Å². The third-order valence-electron chi connectivity index (χ3n) is 6.31. The molecule has 0 fully saturated rings. The molecule has 31 heavy (non-hydrogen) atoms. The van der Waals surface area contributed by atoms with Crippen LogP contribution in [0.3, 0.4) is 0 Å². The van der Waals surface area contributed by atoms with Crippen LogP contribution in [0.4, 0.5) is 0 Å². The van der Waals surface area contributed by atoms with Gasteiger partial charge in [-0.3, -0.25) is 0 Å². The standard InChI is InChI=1S/2C5H11O.4C4H9.O.2Sn/c2*1-2-3-4-5-6;4*1-3-4-2;;;/h2*2-5H2,1H3;4*1,3-4H2,2H3;;;/q2*-1;;;;;;;+2. The van der Waals surface area contributed by atoms with Crippen molar-refractivity contribution in [2.24, 2.45) is 0 Å². The molecule has 0 N–H and O–H groups in total. The second-order valence-electron chi connectivity index (χ2n) is 9.49. The molecule has 0 aliphatic rings. The molecule has 0 aromatic carbocycles. The minimum absolute atomic E-state index is 0.860. The van der Waals surface area contributed by atoms with Crippen molar-refractivity contribution < 1.29 is 7.56 Å². The van der Waals surface area contributed by atoms with E-state index >= 15 is 0 Å². The molecule has 5 heteroatoms. The Bertz CT molecular complexity index is 346. The molecule has 3 nitrogen and oxygen atoms in total. The molecule has 0 heterocycles. The average molecular weight is 656 g/mol. The van der Waals surface area contributed by atoms with Crippen LogP contribution < -0.4 is 0 Å². The summed E-state index contributed by atoms with van der Waals surface area (Å²) in [6.07, 6.45) is 17.6. The molecule has 0 saturated carbocycles. The van der Waals surface area contributed by atoms with Crippen molar-refractivity contribution >= 4 is 38.4 Å². The monoisotopic (exact) mass is 658 g/mol. The first-order chi connectivity index (χ1) is 15.1. The molecule has 0 aromatic heterocycles. The molecule has 0 spiro atoms. The van der Waals surface area contributed by atoms with Gasteiger partial charge in [0.2, 0.25) is 0 Å². The summed E-state index contributed by atoms with van der Waals surface area (Å²) in [6.45, 7) is 15.6. The normalized spacial score (nSPS) is 12.6. The Morgan fingerprint density at radius 3 is 1.13 bits per heavy atom. The Morgan fingerprint density at radius 2 is 0.774 bits per heavy atom. The van der Waals surface area contributed by atoms with Gasteiger partial charge in [0, 0.05) is 0 Å². The zero-order valence-corrected chi connectivity index (χ0v) is 28.1. The minimum atomic E-state index is -3.55. The number of unbranched alkanes of at least 4 members (excludes halogenated alkanes) is 8.